The van der Waals surface area contributed by atoms with Crippen LogP contribution in [0.2, 0.25) is 0 Å². The van der Waals surface area contributed by atoms with Crippen LogP contribution in [0.15, 0.2) is 30.3 Å². The Hall–Kier alpha value is -1.39. The predicted molar refractivity (Wildman–Crippen MR) is 95.3 cm³/mol. The Labute approximate surface area is 146 Å². The van der Waals surface area contributed by atoms with E-state index in [-0.39, 0.29) is 23.2 Å². The lowest BCUT2D eigenvalue weighted by Crippen LogP contribution is -2.63. The molecule has 0 bridgehead atoms. The van der Waals surface area contributed by atoms with Gasteiger partial charge >= 0.3 is 5.97 Å². The number of hydrogen-bond acceptors (Lipinski definition) is 4. The van der Waals surface area contributed by atoms with Crippen molar-refractivity contribution in [2.75, 3.05) is 0 Å². The zero-order valence-corrected chi connectivity index (χ0v) is 16.1. The van der Waals surface area contributed by atoms with E-state index >= 15 is 0 Å². The summed E-state index contributed by atoms with van der Waals surface area (Å²) in [5.41, 5.74) is 0.213. The van der Waals surface area contributed by atoms with Crippen LogP contribution in [0, 0.1) is 0 Å². The molecule has 0 N–H and O–H groups in total. The minimum Gasteiger partial charge on any atom is -0.462 e. The Morgan fingerprint density at radius 2 is 1.58 bits per heavy atom. The topological polar surface area (TPSA) is 38.8 Å². The number of esters is 1. The lowest BCUT2D eigenvalue weighted by atomic mass is 9.80. The van der Waals surface area contributed by atoms with Crippen molar-refractivity contribution in [3.8, 4) is 0 Å². The van der Waals surface area contributed by atoms with Crippen molar-refractivity contribution >= 4 is 5.97 Å². The third-order valence-electron chi connectivity index (χ3n) is 4.68. The van der Waals surface area contributed by atoms with Gasteiger partial charge in [-0.05, 0) is 47.1 Å². The summed E-state index contributed by atoms with van der Waals surface area (Å²) in [4.78, 5) is 17.9. The normalized spacial score (nSPS) is 21.5. The molecule has 0 radical (unpaired) electrons. The molecule has 1 heterocycles. The van der Waals surface area contributed by atoms with Crippen LogP contribution in [0.4, 0.5) is 0 Å². The molecule has 1 aliphatic rings. The van der Waals surface area contributed by atoms with E-state index in [9.17, 15) is 4.79 Å². The van der Waals surface area contributed by atoms with Crippen molar-refractivity contribution in [3.63, 3.8) is 0 Å². The predicted octanol–water partition coefficient (Wildman–Crippen LogP) is 4.44. The molecule has 1 aromatic carbocycles. The highest BCUT2D eigenvalue weighted by molar-refractivity contribution is 5.66. The van der Waals surface area contributed by atoms with Crippen LogP contribution in [0.3, 0.4) is 0 Å². The van der Waals surface area contributed by atoms with Crippen LogP contribution in [-0.2, 0) is 20.0 Å². The second kappa shape index (κ2) is 6.49. The van der Waals surface area contributed by atoms with E-state index in [1.165, 1.54) is 6.92 Å². The maximum absolute atomic E-state index is 11.4. The third-order valence-corrected chi connectivity index (χ3v) is 4.68. The van der Waals surface area contributed by atoms with E-state index in [2.05, 4.69) is 58.7 Å². The lowest BCUT2D eigenvalue weighted by Gasteiger charge is -2.55. The molecule has 0 atom stereocenters. The fourth-order valence-corrected chi connectivity index (χ4v) is 3.86. The van der Waals surface area contributed by atoms with Gasteiger partial charge in [0.2, 0.25) is 0 Å². The Morgan fingerprint density at radius 3 is 2.04 bits per heavy atom. The van der Waals surface area contributed by atoms with Gasteiger partial charge in [-0.25, -0.2) is 0 Å². The SMILES string of the molecule is CC(=O)OC1CC(C)(C)N(OC(C)(C)c2ccccc2)C(C)(C)C1. The van der Waals surface area contributed by atoms with E-state index < -0.39 is 5.60 Å². The van der Waals surface area contributed by atoms with Crippen LogP contribution in [0.1, 0.15) is 66.9 Å². The number of ether oxygens (including phenoxy) is 1. The van der Waals surface area contributed by atoms with Gasteiger partial charge in [0.05, 0.1) is 0 Å². The van der Waals surface area contributed by atoms with Crippen molar-refractivity contribution in [1.82, 2.24) is 5.06 Å². The first kappa shape index (κ1) is 18.9. The minimum absolute atomic E-state index is 0.0767. The summed E-state index contributed by atoms with van der Waals surface area (Å²) in [7, 11) is 0. The van der Waals surface area contributed by atoms with Gasteiger partial charge in [0.15, 0.2) is 0 Å². The molecule has 134 valence electrons. The summed E-state index contributed by atoms with van der Waals surface area (Å²) in [6.07, 6.45) is 1.43. The molecule has 1 aromatic rings. The molecule has 4 nitrogen and oxygen atoms in total. The summed E-state index contributed by atoms with van der Waals surface area (Å²) in [5, 5.41) is 2.10. The van der Waals surface area contributed by atoms with Gasteiger partial charge in [-0.3, -0.25) is 9.63 Å². The van der Waals surface area contributed by atoms with Gasteiger partial charge in [0, 0.05) is 30.8 Å². The molecule has 2 rings (SSSR count). The van der Waals surface area contributed by atoms with Gasteiger partial charge in [-0.2, -0.15) is 5.06 Å². The second-order valence-corrected chi connectivity index (χ2v) is 8.53. The fraction of sp³-hybridized carbons (Fsp3) is 0.650. The first-order valence-electron chi connectivity index (χ1n) is 8.66. The van der Waals surface area contributed by atoms with Crippen molar-refractivity contribution in [1.29, 1.82) is 0 Å². The van der Waals surface area contributed by atoms with Crippen LogP contribution >= 0.6 is 0 Å². The van der Waals surface area contributed by atoms with E-state index in [0.717, 1.165) is 18.4 Å². The number of piperidine rings is 1. The number of hydroxylamine groups is 2. The van der Waals surface area contributed by atoms with Crippen molar-refractivity contribution in [2.24, 2.45) is 0 Å². The Bertz CT molecular complexity index is 560. The van der Waals surface area contributed by atoms with E-state index in [1.54, 1.807) is 0 Å². The lowest BCUT2D eigenvalue weighted by molar-refractivity contribution is -0.341. The Kier molecular flexibility index (Phi) is 5.12. The largest absolute Gasteiger partial charge is 0.462 e. The van der Waals surface area contributed by atoms with E-state index in [4.69, 9.17) is 9.57 Å². The maximum Gasteiger partial charge on any atom is 0.302 e. The zero-order chi connectivity index (χ0) is 18.2. The van der Waals surface area contributed by atoms with E-state index in [1.807, 2.05) is 18.2 Å². The van der Waals surface area contributed by atoms with Crippen LogP contribution in [0.5, 0.6) is 0 Å². The molecule has 24 heavy (non-hydrogen) atoms. The average Bonchev–Trinajstić information content (AvgIpc) is 2.42. The third kappa shape index (κ3) is 4.17. The highest BCUT2D eigenvalue weighted by Gasteiger charge is 2.49. The summed E-state index contributed by atoms with van der Waals surface area (Å²) in [6.45, 7) is 14.2. The minimum atomic E-state index is -0.440. The number of carbonyl (C=O) groups excluding carboxylic acids is 1. The Morgan fingerprint density at radius 1 is 1.08 bits per heavy atom. The number of benzene rings is 1. The quantitative estimate of drug-likeness (QED) is 0.764. The molecule has 0 amide bonds. The molecular formula is C20H31NO3. The molecule has 0 unspecified atom stereocenters. The molecule has 0 aliphatic carbocycles. The van der Waals surface area contributed by atoms with Crippen LogP contribution in [0.25, 0.3) is 0 Å². The molecule has 1 fully saturated rings. The highest BCUT2D eigenvalue weighted by atomic mass is 16.7. The van der Waals surface area contributed by atoms with Gasteiger partial charge in [0.25, 0.3) is 0 Å². The summed E-state index contributed by atoms with van der Waals surface area (Å²) in [6, 6.07) is 10.3. The number of carbonyl (C=O) groups is 1. The fourth-order valence-electron chi connectivity index (χ4n) is 3.86. The van der Waals surface area contributed by atoms with Crippen LogP contribution in [-0.4, -0.2) is 28.2 Å². The molecule has 0 spiro atoms. The highest BCUT2D eigenvalue weighted by Crippen LogP contribution is 2.42. The van der Waals surface area contributed by atoms with Gasteiger partial charge in [-0.1, -0.05) is 30.3 Å². The molecule has 1 saturated heterocycles. The van der Waals surface area contributed by atoms with Gasteiger partial charge in [-0.15, -0.1) is 0 Å². The molecule has 4 heteroatoms. The van der Waals surface area contributed by atoms with Crippen molar-refractivity contribution in [2.45, 2.75) is 84.1 Å². The smallest absolute Gasteiger partial charge is 0.302 e. The van der Waals surface area contributed by atoms with Crippen molar-refractivity contribution < 1.29 is 14.4 Å². The first-order chi connectivity index (χ1) is 10.9. The Balaban J connectivity index is 2.24. The van der Waals surface area contributed by atoms with E-state index in [0.29, 0.717) is 0 Å². The van der Waals surface area contributed by atoms with Crippen LogP contribution < -0.4 is 0 Å². The number of rotatable bonds is 4. The number of hydrogen-bond donors (Lipinski definition) is 0. The standard InChI is InChI=1S/C20H31NO3/c1-15(22)23-17-13-18(2,3)21(19(4,5)14-17)24-20(6,7)16-11-9-8-10-12-16/h8-12,17H,13-14H2,1-7H3. The average molecular weight is 333 g/mol. The zero-order valence-electron chi connectivity index (χ0n) is 16.1. The summed E-state index contributed by atoms with van der Waals surface area (Å²) >= 11 is 0. The molecule has 1 aliphatic heterocycles. The van der Waals surface area contributed by atoms with Gasteiger partial charge in [0.1, 0.15) is 11.7 Å². The second-order valence-electron chi connectivity index (χ2n) is 8.53. The van der Waals surface area contributed by atoms with Crippen molar-refractivity contribution in [3.05, 3.63) is 35.9 Å². The first-order valence-corrected chi connectivity index (χ1v) is 8.66. The molecular weight excluding hydrogens is 302 g/mol. The summed E-state index contributed by atoms with van der Waals surface area (Å²) in [5.74, 6) is -0.217. The monoisotopic (exact) mass is 333 g/mol. The maximum atomic E-state index is 11.4. The van der Waals surface area contributed by atoms with Gasteiger partial charge < -0.3 is 4.74 Å². The molecule has 0 aromatic heterocycles. The molecule has 0 saturated carbocycles. The summed E-state index contributed by atoms with van der Waals surface area (Å²) < 4.78 is 5.50. The number of nitrogens with zero attached hydrogens (tertiary/aromatic N) is 1.